The summed E-state index contributed by atoms with van der Waals surface area (Å²) in [6, 6.07) is 8.68. The summed E-state index contributed by atoms with van der Waals surface area (Å²) in [7, 11) is 0. The van der Waals surface area contributed by atoms with Crippen molar-refractivity contribution in [3.05, 3.63) is 34.9 Å². The lowest BCUT2D eigenvalue weighted by Crippen LogP contribution is -2.21. The van der Waals surface area contributed by atoms with E-state index in [1.54, 1.807) is 0 Å². The molecule has 0 fully saturated rings. The summed E-state index contributed by atoms with van der Waals surface area (Å²) in [5, 5.41) is 4.48. The van der Waals surface area contributed by atoms with Crippen LogP contribution in [-0.4, -0.2) is 6.54 Å². The quantitative estimate of drug-likeness (QED) is 0.523. The molecule has 1 nitrogen and oxygen atoms in total. The molecule has 20 heavy (non-hydrogen) atoms. The van der Waals surface area contributed by atoms with Crippen molar-refractivity contribution in [1.29, 1.82) is 0 Å². The van der Waals surface area contributed by atoms with Gasteiger partial charge in [0.15, 0.2) is 0 Å². The number of unbranched alkanes of at least 4 members (excludes halogenated alkanes) is 3. The molecule has 0 amide bonds. The lowest BCUT2D eigenvalue weighted by molar-refractivity contribution is 0.480. The van der Waals surface area contributed by atoms with E-state index in [4.69, 9.17) is 11.6 Å². The van der Waals surface area contributed by atoms with Crippen molar-refractivity contribution in [3.63, 3.8) is 0 Å². The van der Waals surface area contributed by atoms with Gasteiger partial charge in [-0.15, -0.1) is 0 Å². The van der Waals surface area contributed by atoms with E-state index in [0.29, 0.717) is 6.04 Å². The van der Waals surface area contributed by atoms with E-state index in [2.05, 4.69) is 38.2 Å². The standard InChI is InChI=1S/C18H30ClN/c1-4-18(16-10-12-17(19)13-11-16)20-14-8-6-5-7-9-15(2)3/h10-13,15,18,20H,4-9,14H2,1-3H3. The Morgan fingerprint density at radius 3 is 2.25 bits per heavy atom. The minimum Gasteiger partial charge on any atom is -0.310 e. The Labute approximate surface area is 130 Å². The zero-order valence-corrected chi connectivity index (χ0v) is 14.0. The number of benzene rings is 1. The van der Waals surface area contributed by atoms with Crippen molar-refractivity contribution >= 4 is 11.6 Å². The van der Waals surface area contributed by atoms with E-state index < -0.39 is 0 Å². The lowest BCUT2D eigenvalue weighted by Gasteiger charge is -2.17. The molecule has 0 heterocycles. The Morgan fingerprint density at radius 1 is 1.00 bits per heavy atom. The molecule has 1 aromatic carbocycles. The van der Waals surface area contributed by atoms with Crippen LogP contribution in [0.1, 0.15) is 70.9 Å². The maximum absolute atomic E-state index is 5.94. The van der Waals surface area contributed by atoms with Crippen molar-refractivity contribution in [2.45, 2.75) is 65.3 Å². The van der Waals surface area contributed by atoms with E-state index in [1.807, 2.05) is 12.1 Å². The van der Waals surface area contributed by atoms with Crippen LogP contribution < -0.4 is 5.32 Å². The first-order valence-corrected chi connectivity index (χ1v) is 8.50. The van der Waals surface area contributed by atoms with Crippen LogP contribution in [0.5, 0.6) is 0 Å². The summed E-state index contributed by atoms with van der Waals surface area (Å²) in [5.41, 5.74) is 1.34. The average Bonchev–Trinajstić information content (AvgIpc) is 2.43. The van der Waals surface area contributed by atoms with Crippen LogP contribution in [0.15, 0.2) is 24.3 Å². The van der Waals surface area contributed by atoms with Crippen LogP contribution in [0.4, 0.5) is 0 Å². The maximum Gasteiger partial charge on any atom is 0.0406 e. The third kappa shape index (κ3) is 7.31. The van der Waals surface area contributed by atoms with Gasteiger partial charge in [0.2, 0.25) is 0 Å². The van der Waals surface area contributed by atoms with Gasteiger partial charge in [-0.05, 0) is 43.0 Å². The Kier molecular flexibility index (Phi) is 8.97. The van der Waals surface area contributed by atoms with E-state index in [-0.39, 0.29) is 0 Å². The third-order valence-electron chi connectivity index (χ3n) is 3.78. The molecule has 1 aromatic rings. The number of halogens is 1. The predicted molar refractivity (Wildman–Crippen MR) is 90.4 cm³/mol. The van der Waals surface area contributed by atoms with Crippen LogP contribution in [0.25, 0.3) is 0 Å². The monoisotopic (exact) mass is 295 g/mol. The second-order valence-corrected chi connectivity index (χ2v) is 6.50. The van der Waals surface area contributed by atoms with Crippen molar-refractivity contribution in [2.24, 2.45) is 5.92 Å². The summed E-state index contributed by atoms with van der Waals surface area (Å²) in [6.07, 6.45) is 7.87. The number of hydrogen-bond donors (Lipinski definition) is 1. The molecule has 0 saturated carbocycles. The van der Waals surface area contributed by atoms with Crippen LogP contribution in [0, 0.1) is 5.92 Å². The average molecular weight is 296 g/mol. The fraction of sp³-hybridized carbons (Fsp3) is 0.667. The Bertz CT molecular complexity index is 345. The van der Waals surface area contributed by atoms with Crippen molar-refractivity contribution < 1.29 is 0 Å². The molecule has 1 unspecified atom stereocenters. The molecule has 0 aromatic heterocycles. The molecule has 1 rings (SSSR count). The zero-order chi connectivity index (χ0) is 14.8. The summed E-state index contributed by atoms with van der Waals surface area (Å²) in [6.45, 7) is 7.96. The Hall–Kier alpha value is -0.530. The van der Waals surface area contributed by atoms with E-state index in [9.17, 15) is 0 Å². The van der Waals surface area contributed by atoms with Gasteiger partial charge in [0, 0.05) is 11.1 Å². The summed E-state index contributed by atoms with van der Waals surface area (Å²) in [5.74, 6) is 0.850. The van der Waals surface area contributed by atoms with Crippen LogP contribution >= 0.6 is 11.6 Å². The first-order chi connectivity index (χ1) is 9.63. The molecule has 0 aliphatic carbocycles. The molecule has 1 N–H and O–H groups in total. The van der Waals surface area contributed by atoms with Crippen molar-refractivity contribution in [2.75, 3.05) is 6.54 Å². The smallest absolute Gasteiger partial charge is 0.0406 e. The van der Waals surface area contributed by atoms with Gasteiger partial charge in [0.1, 0.15) is 0 Å². The largest absolute Gasteiger partial charge is 0.310 e. The zero-order valence-electron chi connectivity index (χ0n) is 13.3. The Morgan fingerprint density at radius 2 is 1.65 bits per heavy atom. The second-order valence-electron chi connectivity index (χ2n) is 6.06. The van der Waals surface area contributed by atoms with Gasteiger partial charge in [-0.2, -0.15) is 0 Å². The van der Waals surface area contributed by atoms with Gasteiger partial charge in [0.05, 0.1) is 0 Å². The molecule has 0 saturated heterocycles. The summed E-state index contributed by atoms with van der Waals surface area (Å²) >= 11 is 5.94. The van der Waals surface area contributed by atoms with Crippen LogP contribution in [-0.2, 0) is 0 Å². The highest BCUT2D eigenvalue weighted by Gasteiger charge is 2.07. The minimum absolute atomic E-state index is 0.461. The summed E-state index contributed by atoms with van der Waals surface area (Å²) in [4.78, 5) is 0. The molecule has 2 heteroatoms. The van der Waals surface area contributed by atoms with Gasteiger partial charge in [-0.1, -0.05) is 70.2 Å². The molecule has 0 aliphatic rings. The van der Waals surface area contributed by atoms with Gasteiger partial charge in [0.25, 0.3) is 0 Å². The molecule has 0 spiro atoms. The third-order valence-corrected chi connectivity index (χ3v) is 4.03. The SMILES string of the molecule is CCC(NCCCCCCC(C)C)c1ccc(Cl)cc1. The maximum atomic E-state index is 5.94. The minimum atomic E-state index is 0.461. The highest BCUT2D eigenvalue weighted by Crippen LogP contribution is 2.19. The second kappa shape index (κ2) is 10.2. The van der Waals surface area contributed by atoms with Gasteiger partial charge in [-0.3, -0.25) is 0 Å². The summed E-state index contributed by atoms with van der Waals surface area (Å²) < 4.78 is 0. The van der Waals surface area contributed by atoms with Gasteiger partial charge in [-0.25, -0.2) is 0 Å². The van der Waals surface area contributed by atoms with Crippen molar-refractivity contribution in [3.8, 4) is 0 Å². The topological polar surface area (TPSA) is 12.0 Å². The van der Waals surface area contributed by atoms with Gasteiger partial charge < -0.3 is 5.32 Å². The molecule has 1 atom stereocenters. The first kappa shape index (κ1) is 17.5. The molecule has 114 valence electrons. The van der Waals surface area contributed by atoms with Crippen LogP contribution in [0.3, 0.4) is 0 Å². The highest BCUT2D eigenvalue weighted by atomic mass is 35.5. The van der Waals surface area contributed by atoms with E-state index in [1.165, 1.54) is 37.7 Å². The molecule has 0 radical (unpaired) electrons. The predicted octanol–water partition coefficient (Wildman–Crippen LogP) is 5.99. The first-order valence-electron chi connectivity index (χ1n) is 8.12. The fourth-order valence-electron chi connectivity index (χ4n) is 2.50. The van der Waals surface area contributed by atoms with Crippen molar-refractivity contribution in [1.82, 2.24) is 5.32 Å². The molecular weight excluding hydrogens is 266 g/mol. The van der Waals surface area contributed by atoms with E-state index >= 15 is 0 Å². The fourth-order valence-corrected chi connectivity index (χ4v) is 2.63. The number of nitrogens with one attached hydrogen (secondary N) is 1. The number of hydrogen-bond acceptors (Lipinski definition) is 1. The molecular formula is C18H30ClN. The van der Waals surface area contributed by atoms with E-state index in [0.717, 1.165) is 23.9 Å². The Balaban J connectivity index is 2.17. The van der Waals surface area contributed by atoms with Gasteiger partial charge >= 0.3 is 0 Å². The normalized spacial score (nSPS) is 12.8. The highest BCUT2D eigenvalue weighted by molar-refractivity contribution is 6.30. The molecule has 0 bridgehead atoms. The number of rotatable bonds is 10. The van der Waals surface area contributed by atoms with Crippen LogP contribution in [0.2, 0.25) is 5.02 Å². The molecule has 0 aliphatic heterocycles. The lowest BCUT2D eigenvalue weighted by atomic mass is 10.0.